The van der Waals surface area contributed by atoms with Gasteiger partial charge in [0, 0.05) is 30.7 Å². The molecule has 1 aliphatic rings. The van der Waals surface area contributed by atoms with Crippen LogP contribution in [0.5, 0.6) is 0 Å². The lowest BCUT2D eigenvalue weighted by atomic mass is 10.1. The summed E-state index contributed by atoms with van der Waals surface area (Å²) in [6.07, 6.45) is 4.49. The molecule has 1 aliphatic heterocycles. The molecule has 0 aliphatic carbocycles. The van der Waals surface area contributed by atoms with Crippen molar-refractivity contribution in [2.24, 2.45) is 0 Å². The van der Waals surface area contributed by atoms with Gasteiger partial charge in [-0.05, 0) is 24.1 Å². The highest BCUT2D eigenvalue weighted by Crippen LogP contribution is 2.16. The number of aliphatic hydroxyl groups is 1. The third kappa shape index (κ3) is 7.63. The Morgan fingerprint density at radius 1 is 1.36 bits per heavy atom. The summed E-state index contributed by atoms with van der Waals surface area (Å²) in [6, 6.07) is 7.09. The van der Waals surface area contributed by atoms with Crippen molar-refractivity contribution in [3.8, 4) is 11.8 Å². The molecular weight excluding hydrogens is 382 g/mol. The number of unbranched alkanes of at least 4 members (excludes halogenated alkanes) is 1. The molecule has 150 valence electrons. The number of halogens is 1. The SMILES string of the molecule is O=C(O)CCCC#CCN1C(=O)OCC[C@@H]1C=CC(O)Cc1ccc(Cl)cc1. The van der Waals surface area contributed by atoms with Crippen LogP contribution in [0.1, 0.15) is 31.2 Å². The monoisotopic (exact) mass is 405 g/mol. The molecule has 1 aromatic carbocycles. The maximum Gasteiger partial charge on any atom is 0.411 e. The van der Waals surface area contributed by atoms with E-state index in [-0.39, 0.29) is 19.0 Å². The summed E-state index contributed by atoms with van der Waals surface area (Å²) in [5, 5.41) is 19.5. The maximum atomic E-state index is 12.0. The fourth-order valence-electron chi connectivity index (χ4n) is 2.77. The molecule has 1 heterocycles. The van der Waals surface area contributed by atoms with Crippen LogP contribution in [0.25, 0.3) is 0 Å². The van der Waals surface area contributed by atoms with Gasteiger partial charge in [-0.1, -0.05) is 41.8 Å². The second-order valence-electron chi connectivity index (χ2n) is 6.48. The molecule has 0 radical (unpaired) electrons. The molecule has 1 aromatic rings. The van der Waals surface area contributed by atoms with Crippen LogP contribution in [0.4, 0.5) is 4.79 Å². The Hall–Kier alpha value is -2.49. The standard InChI is InChI=1S/C21H24ClNO5/c22-17-8-6-16(7-9-17)15-19(24)11-10-18-12-14-28-21(27)23(18)13-4-2-1-3-5-20(25)26/h6-11,18-19,24H,1,3,5,12-15H2,(H,25,26)/t18-,19?/m0/s1. The third-order valence-corrected chi connectivity index (χ3v) is 4.51. The number of carboxylic acid groups (broad SMARTS) is 1. The van der Waals surface area contributed by atoms with Gasteiger partial charge in [-0.2, -0.15) is 0 Å². The molecule has 2 rings (SSSR count). The fraction of sp³-hybridized carbons (Fsp3) is 0.429. The Labute approximate surface area is 169 Å². The van der Waals surface area contributed by atoms with Crippen LogP contribution in [-0.4, -0.2) is 52.5 Å². The van der Waals surface area contributed by atoms with Crippen molar-refractivity contribution in [1.29, 1.82) is 0 Å². The fourth-order valence-corrected chi connectivity index (χ4v) is 2.89. The molecule has 0 spiro atoms. The lowest BCUT2D eigenvalue weighted by Crippen LogP contribution is -2.44. The van der Waals surface area contributed by atoms with Gasteiger partial charge in [0.05, 0.1) is 25.3 Å². The average molecular weight is 406 g/mol. The van der Waals surface area contributed by atoms with E-state index in [0.29, 0.717) is 37.3 Å². The van der Waals surface area contributed by atoms with Gasteiger partial charge < -0.3 is 14.9 Å². The van der Waals surface area contributed by atoms with E-state index in [1.807, 2.05) is 18.2 Å². The van der Waals surface area contributed by atoms with E-state index in [2.05, 4.69) is 11.8 Å². The van der Waals surface area contributed by atoms with E-state index in [4.69, 9.17) is 21.4 Å². The lowest BCUT2D eigenvalue weighted by Gasteiger charge is -2.31. The minimum absolute atomic E-state index is 0.0807. The first-order chi connectivity index (χ1) is 13.5. The summed E-state index contributed by atoms with van der Waals surface area (Å²) in [5.41, 5.74) is 0.966. The first kappa shape index (κ1) is 21.8. The minimum Gasteiger partial charge on any atom is -0.481 e. The van der Waals surface area contributed by atoms with Gasteiger partial charge in [0.2, 0.25) is 0 Å². The zero-order valence-electron chi connectivity index (χ0n) is 15.5. The number of cyclic esters (lactones) is 1. The van der Waals surface area contributed by atoms with E-state index in [0.717, 1.165) is 5.56 Å². The molecule has 1 unspecified atom stereocenters. The molecule has 0 bridgehead atoms. The van der Waals surface area contributed by atoms with E-state index in [1.165, 1.54) is 4.90 Å². The Bertz CT molecular complexity index is 750. The van der Waals surface area contributed by atoms with Crippen molar-refractivity contribution < 1.29 is 24.5 Å². The Morgan fingerprint density at radius 2 is 2.11 bits per heavy atom. The number of aliphatic carboxylic acids is 1. The van der Waals surface area contributed by atoms with Gasteiger partial charge in [0.25, 0.3) is 0 Å². The van der Waals surface area contributed by atoms with Crippen molar-refractivity contribution in [2.45, 2.75) is 44.2 Å². The lowest BCUT2D eigenvalue weighted by molar-refractivity contribution is -0.137. The number of hydrogen-bond donors (Lipinski definition) is 2. The van der Waals surface area contributed by atoms with E-state index in [9.17, 15) is 14.7 Å². The van der Waals surface area contributed by atoms with Crippen LogP contribution in [0.15, 0.2) is 36.4 Å². The molecule has 1 amide bonds. The molecule has 1 saturated heterocycles. The largest absolute Gasteiger partial charge is 0.481 e. The van der Waals surface area contributed by atoms with Crippen molar-refractivity contribution in [3.05, 3.63) is 47.0 Å². The third-order valence-electron chi connectivity index (χ3n) is 4.25. The molecule has 2 N–H and O–H groups in total. The smallest absolute Gasteiger partial charge is 0.411 e. The molecule has 1 fully saturated rings. The number of nitrogens with zero attached hydrogens (tertiary/aromatic N) is 1. The van der Waals surface area contributed by atoms with Crippen molar-refractivity contribution in [3.63, 3.8) is 0 Å². The van der Waals surface area contributed by atoms with Gasteiger partial charge in [-0.3, -0.25) is 9.69 Å². The van der Waals surface area contributed by atoms with Crippen molar-refractivity contribution in [1.82, 2.24) is 4.90 Å². The number of hydrogen-bond acceptors (Lipinski definition) is 4. The number of ether oxygens (including phenoxy) is 1. The first-order valence-corrected chi connectivity index (χ1v) is 9.55. The number of rotatable bonds is 8. The average Bonchev–Trinajstić information content (AvgIpc) is 2.66. The normalized spacial score (nSPS) is 17.7. The van der Waals surface area contributed by atoms with Crippen LogP contribution in [-0.2, 0) is 16.0 Å². The van der Waals surface area contributed by atoms with Gasteiger partial charge in [-0.25, -0.2) is 4.79 Å². The van der Waals surface area contributed by atoms with Gasteiger partial charge in [0.15, 0.2) is 0 Å². The predicted molar refractivity (Wildman–Crippen MR) is 106 cm³/mol. The van der Waals surface area contributed by atoms with Crippen LogP contribution < -0.4 is 0 Å². The van der Waals surface area contributed by atoms with Crippen molar-refractivity contribution >= 4 is 23.7 Å². The second-order valence-corrected chi connectivity index (χ2v) is 6.92. The minimum atomic E-state index is -0.844. The van der Waals surface area contributed by atoms with Gasteiger partial charge in [0.1, 0.15) is 0 Å². The number of carbonyl (C=O) groups is 2. The number of benzene rings is 1. The number of aliphatic hydroxyl groups excluding tert-OH is 1. The summed E-state index contributed by atoms with van der Waals surface area (Å²) < 4.78 is 5.08. The molecule has 6 nitrogen and oxygen atoms in total. The molecule has 0 aromatic heterocycles. The highest BCUT2D eigenvalue weighted by Gasteiger charge is 2.27. The summed E-state index contributed by atoms with van der Waals surface area (Å²) in [6.45, 7) is 0.526. The highest BCUT2D eigenvalue weighted by molar-refractivity contribution is 6.30. The van der Waals surface area contributed by atoms with Crippen LogP contribution in [0.2, 0.25) is 5.02 Å². The van der Waals surface area contributed by atoms with Crippen LogP contribution in [0.3, 0.4) is 0 Å². The number of carbonyl (C=O) groups excluding carboxylic acids is 1. The zero-order chi connectivity index (χ0) is 20.4. The van der Waals surface area contributed by atoms with E-state index < -0.39 is 18.2 Å². The summed E-state index contributed by atoms with van der Waals surface area (Å²) >= 11 is 5.86. The Morgan fingerprint density at radius 3 is 2.82 bits per heavy atom. The van der Waals surface area contributed by atoms with Crippen molar-refractivity contribution in [2.75, 3.05) is 13.2 Å². The predicted octanol–water partition coefficient (Wildman–Crippen LogP) is 3.27. The second kappa shape index (κ2) is 11.4. The zero-order valence-corrected chi connectivity index (χ0v) is 16.3. The van der Waals surface area contributed by atoms with Gasteiger partial charge in [-0.15, -0.1) is 5.92 Å². The summed E-state index contributed by atoms with van der Waals surface area (Å²) in [7, 11) is 0. The Kier molecular flexibility index (Phi) is 8.86. The summed E-state index contributed by atoms with van der Waals surface area (Å²) in [4.78, 5) is 24.0. The molecule has 28 heavy (non-hydrogen) atoms. The maximum absolute atomic E-state index is 12.0. The van der Waals surface area contributed by atoms with E-state index >= 15 is 0 Å². The highest BCUT2D eigenvalue weighted by atomic mass is 35.5. The quantitative estimate of drug-likeness (QED) is 0.394. The van der Waals surface area contributed by atoms with E-state index in [1.54, 1.807) is 18.2 Å². The van der Waals surface area contributed by atoms with Gasteiger partial charge >= 0.3 is 12.1 Å². The summed E-state index contributed by atoms with van der Waals surface area (Å²) in [5.74, 6) is 4.94. The number of carboxylic acids is 1. The Balaban J connectivity index is 1.88. The molecule has 7 heteroatoms. The molecule has 0 saturated carbocycles. The molecule has 2 atom stereocenters. The topological polar surface area (TPSA) is 87.1 Å². The number of amides is 1. The first-order valence-electron chi connectivity index (χ1n) is 9.17. The van der Waals surface area contributed by atoms with Crippen LogP contribution >= 0.6 is 11.6 Å². The van der Waals surface area contributed by atoms with Crippen LogP contribution in [0, 0.1) is 11.8 Å². The molecular formula is C21H24ClNO5.